The molecule has 0 saturated carbocycles. The van der Waals surface area contributed by atoms with E-state index in [9.17, 15) is 9.59 Å². The topological polar surface area (TPSA) is 88.4 Å². The van der Waals surface area contributed by atoms with Crippen LogP contribution in [0.4, 0.5) is 10.5 Å². The van der Waals surface area contributed by atoms with Crippen molar-refractivity contribution in [3.63, 3.8) is 0 Å². The van der Waals surface area contributed by atoms with Crippen LogP contribution in [0.25, 0.3) is 0 Å². The van der Waals surface area contributed by atoms with Crippen molar-refractivity contribution in [1.29, 1.82) is 5.26 Å². The van der Waals surface area contributed by atoms with Gasteiger partial charge in [-0.3, -0.25) is 5.32 Å². The van der Waals surface area contributed by atoms with E-state index >= 15 is 0 Å². The van der Waals surface area contributed by atoms with Crippen molar-refractivity contribution in [2.75, 3.05) is 18.5 Å². The Morgan fingerprint density at radius 3 is 2.42 bits per heavy atom. The summed E-state index contributed by atoms with van der Waals surface area (Å²) < 4.78 is 9.75. The SMILES string of the molecule is C=C(C)C(=O)OCCOC(=O)Nc1cccc(CC(C)(C)C#N)c1.CC. The van der Waals surface area contributed by atoms with Gasteiger partial charge in [0.25, 0.3) is 0 Å². The number of nitrogens with zero attached hydrogens (tertiary/aromatic N) is 1. The Labute approximate surface area is 155 Å². The highest BCUT2D eigenvalue weighted by Crippen LogP contribution is 2.22. The van der Waals surface area contributed by atoms with E-state index in [0.29, 0.717) is 12.1 Å². The first-order valence-corrected chi connectivity index (χ1v) is 8.50. The second-order valence-corrected chi connectivity index (χ2v) is 6.05. The van der Waals surface area contributed by atoms with Crippen molar-refractivity contribution in [3.05, 3.63) is 42.0 Å². The summed E-state index contributed by atoms with van der Waals surface area (Å²) in [5, 5.41) is 11.7. The molecule has 6 heteroatoms. The van der Waals surface area contributed by atoms with Gasteiger partial charge < -0.3 is 9.47 Å². The van der Waals surface area contributed by atoms with Gasteiger partial charge in [0, 0.05) is 11.3 Å². The Kier molecular flexibility index (Phi) is 10.4. The number of nitriles is 1. The van der Waals surface area contributed by atoms with Crippen LogP contribution in [-0.2, 0) is 20.7 Å². The van der Waals surface area contributed by atoms with E-state index in [1.807, 2.05) is 33.8 Å². The summed E-state index contributed by atoms with van der Waals surface area (Å²) in [4.78, 5) is 22.9. The standard InChI is InChI=1S/C18H22N2O4.C2H6/c1-13(2)16(21)23-8-9-24-17(22)20-15-7-5-6-14(10-15)11-18(3,4)12-19;1-2/h5-7,10H,1,8-9,11H2,2-4H3,(H,20,22);1-2H3. The zero-order valence-corrected chi connectivity index (χ0v) is 16.2. The van der Waals surface area contributed by atoms with E-state index in [2.05, 4.69) is 18.0 Å². The lowest BCUT2D eigenvalue weighted by molar-refractivity contribution is -0.139. The maximum absolute atomic E-state index is 11.7. The second kappa shape index (κ2) is 11.7. The zero-order chi connectivity index (χ0) is 20.2. The molecule has 1 aromatic rings. The van der Waals surface area contributed by atoms with E-state index in [0.717, 1.165) is 5.56 Å². The predicted molar refractivity (Wildman–Crippen MR) is 102 cm³/mol. The van der Waals surface area contributed by atoms with E-state index in [1.165, 1.54) is 6.92 Å². The summed E-state index contributed by atoms with van der Waals surface area (Å²) in [5.41, 5.74) is 1.32. The average molecular weight is 360 g/mol. The molecule has 1 aromatic carbocycles. The van der Waals surface area contributed by atoms with Gasteiger partial charge in [-0.05, 0) is 44.9 Å². The number of benzene rings is 1. The van der Waals surface area contributed by atoms with Gasteiger partial charge in [0.05, 0.1) is 11.5 Å². The van der Waals surface area contributed by atoms with Crippen molar-refractivity contribution in [3.8, 4) is 6.07 Å². The number of amides is 1. The Bertz CT molecular complexity index is 660. The second-order valence-electron chi connectivity index (χ2n) is 6.05. The molecule has 0 aliphatic carbocycles. The highest BCUT2D eigenvalue weighted by atomic mass is 16.6. The molecule has 0 heterocycles. The first-order chi connectivity index (χ1) is 12.2. The third-order valence-corrected chi connectivity index (χ3v) is 3.02. The van der Waals surface area contributed by atoms with Crippen molar-refractivity contribution in [2.45, 2.75) is 41.0 Å². The number of carbonyl (C=O) groups is 2. The molecular formula is C20H28N2O4. The summed E-state index contributed by atoms with van der Waals surface area (Å²) >= 11 is 0. The Morgan fingerprint density at radius 2 is 1.85 bits per heavy atom. The zero-order valence-electron chi connectivity index (χ0n) is 16.2. The van der Waals surface area contributed by atoms with E-state index in [-0.39, 0.29) is 18.8 Å². The third kappa shape index (κ3) is 9.48. The van der Waals surface area contributed by atoms with Gasteiger partial charge in [0.2, 0.25) is 0 Å². The van der Waals surface area contributed by atoms with Crippen molar-refractivity contribution >= 4 is 17.7 Å². The van der Waals surface area contributed by atoms with Gasteiger partial charge in [0.1, 0.15) is 13.2 Å². The fraction of sp³-hybridized carbons (Fsp3) is 0.450. The van der Waals surface area contributed by atoms with E-state index in [1.54, 1.807) is 18.2 Å². The molecule has 1 N–H and O–H groups in total. The van der Waals surface area contributed by atoms with Gasteiger partial charge >= 0.3 is 12.1 Å². The molecule has 0 saturated heterocycles. The van der Waals surface area contributed by atoms with Gasteiger partial charge in [-0.2, -0.15) is 5.26 Å². The molecule has 0 aliphatic heterocycles. The number of nitrogens with one attached hydrogen (secondary N) is 1. The van der Waals surface area contributed by atoms with Gasteiger partial charge in [-0.25, -0.2) is 9.59 Å². The summed E-state index contributed by atoms with van der Waals surface area (Å²) in [6.45, 7) is 12.6. The number of anilines is 1. The highest BCUT2D eigenvalue weighted by molar-refractivity contribution is 5.87. The highest BCUT2D eigenvalue weighted by Gasteiger charge is 2.17. The van der Waals surface area contributed by atoms with Crippen LogP contribution < -0.4 is 5.32 Å². The van der Waals surface area contributed by atoms with Crippen LogP contribution >= 0.6 is 0 Å². The van der Waals surface area contributed by atoms with Crippen LogP contribution in [0.1, 0.15) is 40.2 Å². The first-order valence-electron chi connectivity index (χ1n) is 8.50. The van der Waals surface area contributed by atoms with Gasteiger partial charge in [-0.15, -0.1) is 0 Å². The Hall–Kier alpha value is -2.81. The molecular weight excluding hydrogens is 332 g/mol. The van der Waals surface area contributed by atoms with Gasteiger partial charge in [0.15, 0.2) is 0 Å². The molecule has 0 spiro atoms. The van der Waals surface area contributed by atoms with Crippen molar-refractivity contribution < 1.29 is 19.1 Å². The molecule has 0 radical (unpaired) electrons. The lowest BCUT2D eigenvalue weighted by atomic mass is 9.87. The number of rotatable bonds is 7. The lowest BCUT2D eigenvalue weighted by Gasteiger charge is -2.15. The largest absolute Gasteiger partial charge is 0.459 e. The fourth-order valence-corrected chi connectivity index (χ4v) is 1.85. The van der Waals surface area contributed by atoms with Crippen LogP contribution in [0.3, 0.4) is 0 Å². The van der Waals surface area contributed by atoms with Crippen LogP contribution in [0.15, 0.2) is 36.4 Å². The van der Waals surface area contributed by atoms with E-state index in [4.69, 9.17) is 14.7 Å². The molecule has 0 aromatic heterocycles. The summed E-state index contributed by atoms with van der Waals surface area (Å²) in [5.74, 6) is -0.521. The minimum absolute atomic E-state index is 0.0322. The lowest BCUT2D eigenvalue weighted by Crippen LogP contribution is -2.18. The Morgan fingerprint density at radius 1 is 1.23 bits per heavy atom. The monoisotopic (exact) mass is 360 g/mol. The Balaban J connectivity index is 0.00000301. The quantitative estimate of drug-likeness (QED) is 0.440. The van der Waals surface area contributed by atoms with Gasteiger partial charge in [-0.1, -0.05) is 32.6 Å². The minimum Gasteiger partial charge on any atom is -0.459 e. The molecule has 142 valence electrons. The predicted octanol–water partition coefficient (Wildman–Crippen LogP) is 4.47. The van der Waals surface area contributed by atoms with Crippen molar-refractivity contribution in [2.24, 2.45) is 5.41 Å². The minimum atomic E-state index is -0.641. The number of hydrogen-bond acceptors (Lipinski definition) is 5. The molecule has 1 rings (SSSR count). The first kappa shape index (κ1) is 23.2. The summed E-state index contributed by atoms with van der Waals surface area (Å²) in [6, 6.07) is 9.46. The van der Waals surface area contributed by atoms with E-state index < -0.39 is 17.5 Å². The molecule has 26 heavy (non-hydrogen) atoms. The maximum atomic E-state index is 11.7. The summed E-state index contributed by atoms with van der Waals surface area (Å²) in [6.07, 6.45) is -0.0663. The molecule has 0 unspecified atom stereocenters. The van der Waals surface area contributed by atoms with Crippen LogP contribution in [0.2, 0.25) is 0 Å². The molecule has 0 atom stereocenters. The van der Waals surface area contributed by atoms with Crippen molar-refractivity contribution in [1.82, 2.24) is 0 Å². The number of hydrogen-bond donors (Lipinski definition) is 1. The normalized spacial score (nSPS) is 9.85. The third-order valence-electron chi connectivity index (χ3n) is 3.02. The molecule has 6 nitrogen and oxygen atoms in total. The fourth-order valence-electron chi connectivity index (χ4n) is 1.85. The molecule has 0 bridgehead atoms. The number of ether oxygens (including phenoxy) is 2. The smallest absolute Gasteiger partial charge is 0.411 e. The van der Waals surface area contributed by atoms with Crippen LogP contribution in [-0.4, -0.2) is 25.3 Å². The number of esters is 1. The molecule has 0 aliphatic rings. The molecule has 0 fully saturated rings. The maximum Gasteiger partial charge on any atom is 0.411 e. The van der Waals surface area contributed by atoms with Crippen LogP contribution in [0, 0.1) is 16.7 Å². The molecule has 1 amide bonds. The average Bonchev–Trinajstić information content (AvgIpc) is 2.60. The van der Waals surface area contributed by atoms with Crippen LogP contribution in [0.5, 0.6) is 0 Å². The number of carbonyl (C=O) groups excluding carboxylic acids is 2. The summed E-state index contributed by atoms with van der Waals surface area (Å²) in [7, 11) is 0.